The largest absolute Gasteiger partial charge is 0.314 e. The molecule has 1 aromatic rings. The fourth-order valence-electron chi connectivity index (χ4n) is 1.93. The van der Waals surface area contributed by atoms with E-state index in [1.807, 2.05) is 6.92 Å². The van der Waals surface area contributed by atoms with Gasteiger partial charge in [0.05, 0.1) is 0 Å². The minimum absolute atomic E-state index is 0.0736. The third-order valence-corrected chi connectivity index (χ3v) is 3.47. The molecule has 1 amide bonds. The molecule has 0 bridgehead atoms. The van der Waals surface area contributed by atoms with Crippen LogP contribution in [0.3, 0.4) is 0 Å². The van der Waals surface area contributed by atoms with Gasteiger partial charge in [-0.25, -0.2) is 4.98 Å². The maximum atomic E-state index is 11.9. The van der Waals surface area contributed by atoms with Crippen molar-refractivity contribution in [2.24, 2.45) is 5.92 Å². The fraction of sp³-hybridized carbons (Fsp3) is 0.700. The minimum Gasteiger partial charge on any atom is -0.314 e. The van der Waals surface area contributed by atoms with Gasteiger partial charge in [-0.2, -0.15) is 4.37 Å². The number of rotatable bonds is 2. The molecular formula is C10H16N4OS. The summed E-state index contributed by atoms with van der Waals surface area (Å²) < 4.78 is 4.03. The summed E-state index contributed by atoms with van der Waals surface area (Å²) in [7, 11) is 0. The molecular weight excluding hydrogens is 224 g/mol. The average Bonchev–Trinajstić information content (AvgIpc) is 2.64. The van der Waals surface area contributed by atoms with Crippen molar-refractivity contribution in [3.05, 3.63) is 5.82 Å². The lowest BCUT2D eigenvalue weighted by molar-refractivity contribution is -0.120. The van der Waals surface area contributed by atoms with Crippen molar-refractivity contribution in [3.8, 4) is 0 Å². The van der Waals surface area contributed by atoms with E-state index in [0.29, 0.717) is 17.0 Å². The summed E-state index contributed by atoms with van der Waals surface area (Å²) in [5.41, 5.74) is 0. The Kier molecular flexibility index (Phi) is 3.50. The molecule has 1 saturated heterocycles. The maximum absolute atomic E-state index is 11.9. The molecule has 2 rings (SSSR count). The normalized spacial score (nSPS) is 25.4. The SMILES string of the molecule is Cc1nsc(NC(=O)C2CCNC(C)C2)n1. The van der Waals surface area contributed by atoms with Crippen molar-refractivity contribution in [2.75, 3.05) is 11.9 Å². The molecule has 6 heteroatoms. The van der Waals surface area contributed by atoms with E-state index < -0.39 is 0 Å². The van der Waals surface area contributed by atoms with Gasteiger partial charge in [-0.3, -0.25) is 4.79 Å². The molecule has 0 aliphatic carbocycles. The molecule has 1 aromatic heterocycles. The number of carbonyl (C=O) groups is 1. The van der Waals surface area contributed by atoms with Crippen molar-refractivity contribution >= 4 is 22.6 Å². The lowest BCUT2D eigenvalue weighted by atomic mass is 9.93. The van der Waals surface area contributed by atoms with Crippen molar-refractivity contribution in [3.63, 3.8) is 0 Å². The van der Waals surface area contributed by atoms with Crippen LogP contribution >= 0.6 is 11.5 Å². The van der Waals surface area contributed by atoms with Crippen LogP contribution in [-0.2, 0) is 4.79 Å². The predicted octanol–water partition coefficient (Wildman–Crippen LogP) is 1.17. The molecule has 5 nitrogen and oxygen atoms in total. The molecule has 2 unspecified atom stereocenters. The van der Waals surface area contributed by atoms with Crippen molar-refractivity contribution in [1.29, 1.82) is 0 Å². The first-order valence-corrected chi connectivity index (χ1v) is 6.27. The molecule has 2 atom stereocenters. The number of hydrogen-bond donors (Lipinski definition) is 2. The predicted molar refractivity (Wildman–Crippen MR) is 63.5 cm³/mol. The number of anilines is 1. The fourth-order valence-corrected chi connectivity index (χ4v) is 2.50. The van der Waals surface area contributed by atoms with E-state index in [1.165, 1.54) is 11.5 Å². The number of aromatic nitrogens is 2. The first-order valence-electron chi connectivity index (χ1n) is 5.49. The number of aryl methyl sites for hydroxylation is 1. The van der Waals surface area contributed by atoms with Gasteiger partial charge in [0.15, 0.2) is 0 Å². The van der Waals surface area contributed by atoms with Crippen molar-refractivity contribution in [1.82, 2.24) is 14.7 Å². The monoisotopic (exact) mass is 240 g/mol. The van der Waals surface area contributed by atoms with Crippen LogP contribution < -0.4 is 10.6 Å². The van der Waals surface area contributed by atoms with Crippen LogP contribution in [0.25, 0.3) is 0 Å². The Labute approximate surface area is 98.8 Å². The number of piperidine rings is 1. The first kappa shape index (κ1) is 11.5. The highest BCUT2D eigenvalue weighted by Crippen LogP contribution is 2.19. The van der Waals surface area contributed by atoms with Gasteiger partial charge >= 0.3 is 0 Å². The molecule has 0 spiro atoms. The maximum Gasteiger partial charge on any atom is 0.229 e. The second-order valence-corrected chi connectivity index (χ2v) is 4.96. The lowest BCUT2D eigenvalue weighted by Gasteiger charge is -2.26. The molecule has 0 aromatic carbocycles. The molecule has 1 fully saturated rings. The summed E-state index contributed by atoms with van der Waals surface area (Å²) >= 11 is 1.23. The zero-order valence-corrected chi connectivity index (χ0v) is 10.3. The highest BCUT2D eigenvalue weighted by Gasteiger charge is 2.25. The Morgan fingerprint density at radius 3 is 3.06 bits per heavy atom. The number of hydrogen-bond acceptors (Lipinski definition) is 5. The van der Waals surface area contributed by atoms with Crippen LogP contribution in [-0.4, -0.2) is 27.9 Å². The molecule has 0 radical (unpaired) electrons. The smallest absolute Gasteiger partial charge is 0.229 e. The minimum atomic E-state index is 0.0736. The van der Waals surface area contributed by atoms with Gasteiger partial charge in [0, 0.05) is 23.5 Å². The number of amides is 1. The molecule has 88 valence electrons. The van der Waals surface area contributed by atoms with Crippen LogP contribution in [0.2, 0.25) is 0 Å². The van der Waals surface area contributed by atoms with Gasteiger partial charge in [0.25, 0.3) is 0 Å². The Hall–Kier alpha value is -1.01. The van der Waals surface area contributed by atoms with E-state index >= 15 is 0 Å². The van der Waals surface area contributed by atoms with Gasteiger partial charge in [-0.15, -0.1) is 0 Å². The highest BCUT2D eigenvalue weighted by atomic mass is 32.1. The van der Waals surface area contributed by atoms with E-state index in [1.54, 1.807) is 0 Å². The molecule has 1 aliphatic heterocycles. The van der Waals surface area contributed by atoms with Crippen LogP contribution in [0.5, 0.6) is 0 Å². The Morgan fingerprint density at radius 1 is 1.62 bits per heavy atom. The second kappa shape index (κ2) is 4.88. The van der Waals surface area contributed by atoms with Crippen LogP contribution in [0.15, 0.2) is 0 Å². The van der Waals surface area contributed by atoms with E-state index in [2.05, 4.69) is 26.9 Å². The Balaban J connectivity index is 1.92. The van der Waals surface area contributed by atoms with Crippen LogP contribution in [0.1, 0.15) is 25.6 Å². The van der Waals surface area contributed by atoms with Gasteiger partial charge in [-0.1, -0.05) is 0 Å². The highest BCUT2D eigenvalue weighted by molar-refractivity contribution is 7.09. The molecule has 2 heterocycles. The number of nitrogens with zero attached hydrogens (tertiary/aromatic N) is 2. The first-order chi connectivity index (χ1) is 7.65. The second-order valence-electron chi connectivity index (χ2n) is 4.21. The van der Waals surface area contributed by atoms with Gasteiger partial charge in [0.2, 0.25) is 11.0 Å². The van der Waals surface area contributed by atoms with Crippen molar-refractivity contribution in [2.45, 2.75) is 32.7 Å². The average molecular weight is 240 g/mol. The van der Waals surface area contributed by atoms with Crippen LogP contribution in [0.4, 0.5) is 5.13 Å². The quantitative estimate of drug-likeness (QED) is 0.814. The number of nitrogens with one attached hydrogen (secondary N) is 2. The molecule has 2 N–H and O–H groups in total. The van der Waals surface area contributed by atoms with E-state index in [4.69, 9.17) is 0 Å². The number of carbonyl (C=O) groups excluding carboxylic acids is 1. The Morgan fingerprint density at radius 2 is 2.44 bits per heavy atom. The summed E-state index contributed by atoms with van der Waals surface area (Å²) in [4.78, 5) is 16.0. The topological polar surface area (TPSA) is 66.9 Å². The van der Waals surface area contributed by atoms with Gasteiger partial charge in [0.1, 0.15) is 5.82 Å². The molecule has 1 aliphatic rings. The zero-order chi connectivity index (χ0) is 11.5. The summed E-state index contributed by atoms with van der Waals surface area (Å²) in [5.74, 6) is 0.879. The summed E-state index contributed by atoms with van der Waals surface area (Å²) in [6.45, 7) is 4.84. The third-order valence-electron chi connectivity index (χ3n) is 2.75. The summed E-state index contributed by atoms with van der Waals surface area (Å²) in [6.07, 6.45) is 1.79. The van der Waals surface area contributed by atoms with E-state index in [-0.39, 0.29) is 11.8 Å². The zero-order valence-electron chi connectivity index (χ0n) is 9.49. The molecule has 16 heavy (non-hydrogen) atoms. The van der Waals surface area contributed by atoms with Gasteiger partial charge in [-0.05, 0) is 33.2 Å². The van der Waals surface area contributed by atoms with E-state index in [0.717, 1.165) is 19.4 Å². The Bertz CT molecular complexity index is 379. The van der Waals surface area contributed by atoms with E-state index in [9.17, 15) is 4.79 Å². The van der Waals surface area contributed by atoms with Crippen LogP contribution in [0, 0.1) is 12.8 Å². The van der Waals surface area contributed by atoms with Crippen molar-refractivity contribution < 1.29 is 4.79 Å². The summed E-state index contributed by atoms with van der Waals surface area (Å²) in [6, 6.07) is 0.417. The summed E-state index contributed by atoms with van der Waals surface area (Å²) in [5, 5.41) is 6.77. The lowest BCUT2D eigenvalue weighted by Crippen LogP contribution is -2.40. The standard InChI is InChI=1S/C10H16N4OS/c1-6-5-8(3-4-11-6)9(15)13-10-12-7(2)14-16-10/h6,8,11H,3-5H2,1-2H3,(H,12,13,14,15). The molecule has 0 saturated carbocycles. The third kappa shape index (κ3) is 2.76. The van der Waals surface area contributed by atoms with Gasteiger partial charge < -0.3 is 10.6 Å².